The van der Waals surface area contributed by atoms with Gasteiger partial charge in [-0.3, -0.25) is 9.59 Å². The molecule has 21 heavy (non-hydrogen) atoms. The van der Waals surface area contributed by atoms with E-state index in [0.29, 0.717) is 18.8 Å². The van der Waals surface area contributed by atoms with Crippen molar-refractivity contribution in [3.63, 3.8) is 0 Å². The van der Waals surface area contributed by atoms with Crippen molar-refractivity contribution in [3.8, 4) is 0 Å². The monoisotopic (exact) mass is 296 g/mol. The largest absolute Gasteiger partial charge is 0.340 e. The lowest BCUT2D eigenvalue weighted by Gasteiger charge is -2.45. The molecule has 3 unspecified atom stereocenters. The summed E-state index contributed by atoms with van der Waals surface area (Å²) in [4.78, 5) is 27.0. The number of hydrogen-bond donors (Lipinski definition) is 1. The topological polar surface area (TPSA) is 49.4 Å². The van der Waals surface area contributed by atoms with Crippen molar-refractivity contribution in [2.75, 3.05) is 6.54 Å². The van der Waals surface area contributed by atoms with Gasteiger partial charge in [0.15, 0.2) is 0 Å². The van der Waals surface area contributed by atoms with E-state index in [-0.39, 0.29) is 17.9 Å². The van der Waals surface area contributed by atoms with E-state index in [1.165, 1.54) is 12.8 Å². The third-order valence-electron chi connectivity index (χ3n) is 4.90. The van der Waals surface area contributed by atoms with Gasteiger partial charge in [0.05, 0.1) is 0 Å². The highest BCUT2D eigenvalue weighted by molar-refractivity contribution is 5.99. The first kappa shape index (κ1) is 18.0. The van der Waals surface area contributed by atoms with Gasteiger partial charge in [0.25, 0.3) is 0 Å². The fourth-order valence-corrected chi connectivity index (χ4v) is 3.06. The summed E-state index contributed by atoms with van der Waals surface area (Å²) < 4.78 is 0. The lowest BCUT2D eigenvalue weighted by molar-refractivity contribution is -0.155. The van der Waals surface area contributed by atoms with Crippen molar-refractivity contribution in [2.24, 2.45) is 5.92 Å². The second kappa shape index (κ2) is 7.81. The molecular formula is C17H32N2O2. The minimum Gasteiger partial charge on any atom is -0.340 e. The molecule has 1 heterocycles. The van der Waals surface area contributed by atoms with Crippen molar-refractivity contribution < 1.29 is 9.59 Å². The lowest BCUT2D eigenvalue weighted by Crippen LogP contribution is -2.69. The van der Waals surface area contributed by atoms with Gasteiger partial charge >= 0.3 is 0 Å². The van der Waals surface area contributed by atoms with E-state index < -0.39 is 5.54 Å². The Bertz CT molecular complexity index is 370. The first-order valence-electron chi connectivity index (χ1n) is 8.56. The number of carbonyl (C=O) groups is 2. The third-order valence-corrected chi connectivity index (χ3v) is 4.90. The molecule has 1 saturated heterocycles. The highest BCUT2D eigenvalue weighted by Crippen LogP contribution is 2.25. The maximum Gasteiger partial charge on any atom is 0.248 e. The van der Waals surface area contributed by atoms with Gasteiger partial charge in [-0.25, -0.2) is 0 Å². The quantitative estimate of drug-likeness (QED) is 0.748. The van der Waals surface area contributed by atoms with Gasteiger partial charge in [-0.2, -0.15) is 0 Å². The van der Waals surface area contributed by atoms with Gasteiger partial charge in [0.2, 0.25) is 11.8 Å². The molecule has 2 amide bonds. The first-order valence-corrected chi connectivity index (χ1v) is 8.56. The summed E-state index contributed by atoms with van der Waals surface area (Å²) in [7, 11) is 0. The molecule has 1 aliphatic rings. The Morgan fingerprint density at radius 2 is 1.90 bits per heavy atom. The summed E-state index contributed by atoms with van der Waals surface area (Å²) in [5.74, 6) is 0.591. The minimum absolute atomic E-state index is 0.00629. The zero-order valence-electron chi connectivity index (χ0n) is 14.4. The Hall–Kier alpha value is -1.06. The van der Waals surface area contributed by atoms with Crippen LogP contribution in [-0.4, -0.2) is 34.8 Å². The predicted octanol–water partition coefficient (Wildman–Crippen LogP) is 3.11. The molecule has 0 aromatic carbocycles. The molecule has 0 spiro atoms. The highest BCUT2D eigenvalue weighted by Gasteiger charge is 2.46. The molecule has 0 radical (unpaired) electrons. The molecule has 0 saturated carbocycles. The summed E-state index contributed by atoms with van der Waals surface area (Å²) in [6.07, 6.45) is 5.88. The molecule has 4 nitrogen and oxygen atoms in total. The Kier molecular flexibility index (Phi) is 6.69. The number of amides is 2. The van der Waals surface area contributed by atoms with E-state index >= 15 is 0 Å². The highest BCUT2D eigenvalue weighted by atomic mass is 16.2. The van der Waals surface area contributed by atoms with Crippen LogP contribution in [0.2, 0.25) is 0 Å². The Labute approximate surface area is 129 Å². The summed E-state index contributed by atoms with van der Waals surface area (Å²) >= 11 is 0. The Balaban J connectivity index is 2.91. The number of nitrogens with zero attached hydrogens (tertiary/aromatic N) is 1. The van der Waals surface area contributed by atoms with Crippen LogP contribution in [0, 0.1) is 5.92 Å². The number of carbonyl (C=O) groups excluding carboxylic acids is 2. The van der Waals surface area contributed by atoms with Gasteiger partial charge in [-0.15, -0.1) is 0 Å². The van der Waals surface area contributed by atoms with Gasteiger partial charge in [-0.05, 0) is 32.1 Å². The second-order valence-corrected chi connectivity index (χ2v) is 6.47. The van der Waals surface area contributed by atoms with Crippen LogP contribution < -0.4 is 5.32 Å². The van der Waals surface area contributed by atoms with Crippen LogP contribution in [0.5, 0.6) is 0 Å². The molecule has 0 aliphatic carbocycles. The zero-order chi connectivity index (χ0) is 16.0. The average Bonchev–Trinajstić information content (AvgIpc) is 2.48. The van der Waals surface area contributed by atoms with Crippen molar-refractivity contribution in [1.29, 1.82) is 0 Å². The van der Waals surface area contributed by atoms with Crippen LogP contribution in [0.25, 0.3) is 0 Å². The molecule has 0 aromatic rings. The summed E-state index contributed by atoms with van der Waals surface area (Å²) in [5, 5.41) is 2.93. The number of hydrogen-bond acceptors (Lipinski definition) is 2. The van der Waals surface area contributed by atoms with Gasteiger partial charge in [-0.1, -0.05) is 47.0 Å². The minimum atomic E-state index is -0.730. The van der Waals surface area contributed by atoms with E-state index in [9.17, 15) is 9.59 Å². The molecular weight excluding hydrogens is 264 g/mol. The van der Waals surface area contributed by atoms with Crippen LogP contribution in [0.4, 0.5) is 0 Å². The van der Waals surface area contributed by atoms with Gasteiger partial charge in [0.1, 0.15) is 11.6 Å². The lowest BCUT2D eigenvalue weighted by atomic mass is 9.89. The van der Waals surface area contributed by atoms with E-state index in [0.717, 1.165) is 19.4 Å². The van der Waals surface area contributed by atoms with Crippen molar-refractivity contribution in [2.45, 2.75) is 84.7 Å². The van der Waals surface area contributed by atoms with E-state index in [2.05, 4.69) is 19.2 Å². The number of piperazine rings is 1. The maximum absolute atomic E-state index is 12.8. The Morgan fingerprint density at radius 1 is 1.24 bits per heavy atom. The molecule has 1 N–H and O–H groups in total. The molecule has 0 bridgehead atoms. The van der Waals surface area contributed by atoms with Crippen molar-refractivity contribution in [3.05, 3.63) is 0 Å². The van der Waals surface area contributed by atoms with E-state index in [1.54, 1.807) is 0 Å². The maximum atomic E-state index is 12.8. The van der Waals surface area contributed by atoms with E-state index in [1.807, 2.05) is 25.7 Å². The third kappa shape index (κ3) is 3.98. The first-order chi connectivity index (χ1) is 9.93. The number of nitrogens with one attached hydrogen (secondary N) is 1. The van der Waals surface area contributed by atoms with Crippen LogP contribution in [0.1, 0.15) is 73.1 Å². The van der Waals surface area contributed by atoms with Crippen LogP contribution >= 0.6 is 0 Å². The van der Waals surface area contributed by atoms with Crippen molar-refractivity contribution in [1.82, 2.24) is 10.2 Å². The molecule has 3 atom stereocenters. The summed E-state index contributed by atoms with van der Waals surface area (Å²) in [6.45, 7) is 10.9. The Morgan fingerprint density at radius 3 is 2.38 bits per heavy atom. The molecule has 122 valence electrons. The fraction of sp³-hybridized carbons (Fsp3) is 0.882. The predicted molar refractivity (Wildman–Crippen MR) is 85.9 cm³/mol. The van der Waals surface area contributed by atoms with Crippen LogP contribution in [0.15, 0.2) is 0 Å². The fourth-order valence-electron chi connectivity index (χ4n) is 3.06. The van der Waals surface area contributed by atoms with Gasteiger partial charge < -0.3 is 10.2 Å². The molecule has 0 aromatic heterocycles. The normalized spacial score (nSPS) is 27.7. The smallest absolute Gasteiger partial charge is 0.248 e. The second-order valence-electron chi connectivity index (χ2n) is 6.47. The summed E-state index contributed by atoms with van der Waals surface area (Å²) in [5.41, 5.74) is -0.730. The zero-order valence-corrected chi connectivity index (χ0v) is 14.4. The summed E-state index contributed by atoms with van der Waals surface area (Å²) in [6, 6.07) is -0.298. The average molecular weight is 296 g/mol. The van der Waals surface area contributed by atoms with Gasteiger partial charge in [0, 0.05) is 6.54 Å². The number of rotatable bonds is 8. The SMILES string of the molecule is CCCCC(CC)CN1C(=O)C(C)(CC)NC(=O)C1CC. The van der Waals surface area contributed by atoms with Crippen molar-refractivity contribution >= 4 is 11.8 Å². The molecule has 1 rings (SSSR count). The molecule has 1 aliphatic heterocycles. The standard InChI is InChI=1S/C17H32N2O2/c1-6-10-11-13(7-2)12-19-14(8-3)15(20)18-17(5,9-4)16(19)21/h13-14H,6-12H2,1-5H3,(H,18,20). The van der Waals surface area contributed by atoms with Crippen LogP contribution in [-0.2, 0) is 9.59 Å². The van der Waals surface area contributed by atoms with Crippen LogP contribution in [0.3, 0.4) is 0 Å². The molecule has 1 fully saturated rings. The number of unbranched alkanes of at least 4 members (excludes halogenated alkanes) is 1. The molecule has 4 heteroatoms. The van der Waals surface area contributed by atoms with E-state index in [4.69, 9.17) is 0 Å².